The van der Waals surface area contributed by atoms with E-state index < -0.39 is 10.5 Å². The Balaban J connectivity index is 1.80. The Kier molecular flexibility index (Phi) is 5.25. The third kappa shape index (κ3) is 4.59. The van der Waals surface area contributed by atoms with Crippen LogP contribution in [0.3, 0.4) is 0 Å². The van der Waals surface area contributed by atoms with Crippen molar-refractivity contribution in [2.45, 2.75) is 17.4 Å². The standard InChI is InChI=1S/C15H12F2IN5O3/c1-9-4-21-26-12(9)7-23-13(24)3-2-11(22-23)10-5-19-14(20-6-10)25-8-15(16,17)18/h2-6H,7-8H2,1H3. The number of aryl methyl sites for hydroxylation is 1. The van der Waals surface area contributed by atoms with Gasteiger partial charge in [0.1, 0.15) is 6.54 Å². The van der Waals surface area contributed by atoms with Crippen molar-refractivity contribution in [2.24, 2.45) is 0 Å². The summed E-state index contributed by atoms with van der Waals surface area (Å²) in [5.41, 5.74) is 1.44. The SMILES string of the molecule is Cc1cnoc1Cn1nc(-c2cnc(OCC(F)(F)I)nc2)ccc1=O. The van der Waals surface area contributed by atoms with Gasteiger partial charge in [0.2, 0.25) is 0 Å². The van der Waals surface area contributed by atoms with Crippen LogP contribution >= 0.6 is 22.6 Å². The van der Waals surface area contributed by atoms with Gasteiger partial charge in [0.25, 0.3) is 5.56 Å². The number of aromatic nitrogens is 5. The molecule has 0 fully saturated rings. The van der Waals surface area contributed by atoms with Crippen molar-refractivity contribution < 1.29 is 18.0 Å². The number of hydrogen-bond donors (Lipinski definition) is 0. The van der Waals surface area contributed by atoms with E-state index >= 15 is 0 Å². The maximum absolute atomic E-state index is 12.8. The lowest BCUT2D eigenvalue weighted by Crippen LogP contribution is -2.23. The van der Waals surface area contributed by atoms with Gasteiger partial charge in [-0.2, -0.15) is 13.9 Å². The molecule has 0 unspecified atom stereocenters. The molecule has 0 amide bonds. The second-order valence-corrected chi connectivity index (χ2v) is 6.88. The van der Waals surface area contributed by atoms with Gasteiger partial charge in [-0.05, 0) is 13.0 Å². The highest BCUT2D eigenvalue weighted by Crippen LogP contribution is 2.23. The Bertz CT molecular complexity index is 953. The van der Waals surface area contributed by atoms with E-state index in [4.69, 9.17) is 9.26 Å². The van der Waals surface area contributed by atoms with Crippen LogP contribution in [0.25, 0.3) is 11.3 Å². The summed E-state index contributed by atoms with van der Waals surface area (Å²) in [4.78, 5) is 19.7. The van der Waals surface area contributed by atoms with Crippen LogP contribution in [0.5, 0.6) is 6.01 Å². The van der Waals surface area contributed by atoms with Crippen LogP contribution in [0.2, 0.25) is 0 Å². The zero-order chi connectivity index (χ0) is 18.7. The molecule has 0 aromatic carbocycles. The van der Waals surface area contributed by atoms with E-state index in [2.05, 4.69) is 20.2 Å². The van der Waals surface area contributed by atoms with E-state index in [0.29, 0.717) is 17.0 Å². The molecule has 0 N–H and O–H groups in total. The summed E-state index contributed by atoms with van der Waals surface area (Å²) in [6.45, 7) is 1.12. The van der Waals surface area contributed by atoms with Crippen molar-refractivity contribution >= 4 is 22.6 Å². The fourth-order valence-corrected chi connectivity index (χ4v) is 2.14. The van der Waals surface area contributed by atoms with Crippen LogP contribution in [-0.2, 0) is 6.54 Å². The Morgan fingerprint density at radius 3 is 2.62 bits per heavy atom. The molecule has 0 aliphatic carbocycles. The summed E-state index contributed by atoms with van der Waals surface area (Å²) in [6.07, 6.45) is 4.31. The Hall–Kier alpha value is -2.44. The van der Waals surface area contributed by atoms with Crippen LogP contribution in [0.4, 0.5) is 8.78 Å². The first-order valence-corrected chi connectivity index (χ1v) is 8.40. The lowest BCUT2D eigenvalue weighted by molar-refractivity contribution is 0.0603. The molecule has 3 heterocycles. The summed E-state index contributed by atoms with van der Waals surface area (Å²) in [5, 5.41) is 7.91. The number of ether oxygens (including phenoxy) is 1. The van der Waals surface area contributed by atoms with Gasteiger partial charge >= 0.3 is 9.94 Å². The molecular formula is C15H12F2IN5O3. The monoisotopic (exact) mass is 475 g/mol. The summed E-state index contributed by atoms with van der Waals surface area (Å²) in [6, 6.07) is 2.70. The third-order valence-corrected chi connectivity index (χ3v) is 3.61. The molecule has 0 saturated heterocycles. The van der Waals surface area contributed by atoms with Crippen molar-refractivity contribution in [2.75, 3.05) is 6.61 Å². The molecule has 3 aromatic heterocycles. The lowest BCUT2D eigenvalue weighted by atomic mass is 10.2. The summed E-state index contributed by atoms with van der Waals surface area (Å²) in [7, 11) is 0. The fourth-order valence-electron chi connectivity index (χ4n) is 1.99. The van der Waals surface area contributed by atoms with Crippen LogP contribution in [0.15, 0.2) is 40.0 Å². The highest BCUT2D eigenvalue weighted by Gasteiger charge is 2.25. The van der Waals surface area contributed by atoms with Crippen LogP contribution < -0.4 is 10.3 Å². The number of alkyl halides is 3. The number of rotatable bonds is 6. The minimum Gasteiger partial charge on any atom is -0.456 e. The van der Waals surface area contributed by atoms with Gasteiger partial charge in [-0.25, -0.2) is 14.6 Å². The zero-order valence-electron chi connectivity index (χ0n) is 13.4. The zero-order valence-corrected chi connectivity index (χ0v) is 15.6. The molecule has 26 heavy (non-hydrogen) atoms. The van der Waals surface area contributed by atoms with E-state index in [1.54, 1.807) is 6.20 Å². The highest BCUT2D eigenvalue weighted by molar-refractivity contribution is 14.1. The molecule has 3 aromatic rings. The van der Waals surface area contributed by atoms with Crippen molar-refractivity contribution in [1.29, 1.82) is 0 Å². The first kappa shape index (κ1) is 18.4. The van der Waals surface area contributed by atoms with Gasteiger partial charge in [-0.15, -0.1) is 0 Å². The molecular weight excluding hydrogens is 463 g/mol. The molecule has 0 aliphatic heterocycles. The Labute approximate surface area is 159 Å². The van der Waals surface area contributed by atoms with Gasteiger partial charge < -0.3 is 9.26 Å². The minimum atomic E-state index is -3.00. The van der Waals surface area contributed by atoms with E-state index in [-0.39, 0.29) is 18.1 Å². The van der Waals surface area contributed by atoms with E-state index in [0.717, 1.165) is 28.2 Å². The van der Waals surface area contributed by atoms with Gasteiger partial charge in [-0.3, -0.25) is 4.79 Å². The predicted molar refractivity (Wildman–Crippen MR) is 94.3 cm³/mol. The molecule has 136 valence electrons. The van der Waals surface area contributed by atoms with Gasteiger partial charge in [-0.1, -0.05) is 5.16 Å². The first-order chi connectivity index (χ1) is 12.3. The molecule has 0 radical (unpaired) electrons. The maximum atomic E-state index is 12.8. The van der Waals surface area contributed by atoms with Gasteiger partial charge in [0, 0.05) is 52.2 Å². The van der Waals surface area contributed by atoms with Gasteiger partial charge in [0.15, 0.2) is 12.4 Å². The lowest BCUT2D eigenvalue weighted by Gasteiger charge is -2.09. The molecule has 0 bridgehead atoms. The maximum Gasteiger partial charge on any atom is 0.329 e. The van der Waals surface area contributed by atoms with Crippen LogP contribution in [0, 0.1) is 6.92 Å². The van der Waals surface area contributed by atoms with Gasteiger partial charge in [0.05, 0.1) is 11.9 Å². The summed E-state index contributed by atoms with van der Waals surface area (Å²) >= 11 is 0.968. The molecule has 0 atom stereocenters. The normalized spacial score (nSPS) is 11.5. The van der Waals surface area contributed by atoms with Crippen LogP contribution in [0.1, 0.15) is 11.3 Å². The molecule has 0 spiro atoms. The van der Waals surface area contributed by atoms with Crippen molar-refractivity contribution in [3.8, 4) is 17.3 Å². The molecule has 8 nitrogen and oxygen atoms in total. The average molecular weight is 475 g/mol. The Morgan fingerprint density at radius 1 is 1.27 bits per heavy atom. The fraction of sp³-hybridized carbons (Fsp3) is 0.267. The second kappa shape index (κ2) is 7.43. The predicted octanol–water partition coefficient (Wildman–Crippen LogP) is 2.45. The summed E-state index contributed by atoms with van der Waals surface area (Å²) < 4.78 is 33.7. The van der Waals surface area contributed by atoms with E-state index in [1.165, 1.54) is 29.2 Å². The van der Waals surface area contributed by atoms with Crippen molar-refractivity contribution in [3.63, 3.8) is 0 Å². The van der Waals surface area contributed by atoms with E-state index in [1.807, 2.05) is 6.92 Å². The summed E-state index contributed by atoms with van der Waals surface area (Å²) in [5.74, 6) is 0.525. The number of halogens is 3. The largest absolute Gasteiger partial charge is 0.456 e. The number of nitrogens with zero attached hydrogens (tertiary/aromatic N) is 5. The van der Waals surface area contributed by atoms with Crippen molar-refractivity contribution in [3.05, 3.63) is 52.4 Å². The Morgan fingerprint density at radius 2 is 2.00 bits per heavy atom. The first-order valence-electron chi connectivity index (χ1n) is 7.32. The average Bonchev–Trinajstić information content (AvgIpc) is 3.00. The van der Waals surface area contributed by atoms with E-state index in [9.17, 15) is 13.6 Å². The molecule has 3 rings (SSSR count). The second-order valence-electron chi connectivity index (χ2n) is 5.30. The van der Waals surface area contributed by atoms with Crippen LogP contribution in [-0.4, -0.2) is 35.4 Å². The smallest absolute Gasteiger partial charge is 0.329 e. The minimum absolute atomic E-state index is 0.130. The highest BCUT2D eigenvalue weighted by atomic mass is 127. The molecule has 0 saturated carbocycles. The molecule has 0 aliphatic rings. The number of hydrogen-bond acceptors (Lipinski definition) is 7. The van der Waals surface area contributed by atoms with Crippen molar-refractivity contribution in [1.82, 2.24) is 24.9 Å². The molecule has 11 heteroatoms. The quantitative estimate of drug-likeness (QED) is 0.399. The third-order valence-electron chi connectivity index (χ3n) is 3.30. The topological polar surface area (TPSA) is 95.9 Å².